The topological polar surface area (TPSA) is 64.7 Å². The van der Waals surface area contributed by atoms with Gasteiger partial charge in [0.2, 0.25) is 5.91 Å². The number of fused-ring (bicyclic) bond motifs is 1. The Hall–Kier alpha value is -1.85. The second-order valence-electron chi connectivity index (χ2n) is 6.52. The van der Waals surface area contributed by atoms with E-state index in [1.807, 2.05) is 22.5 Å². The van der Waals surface area contributed by atoms with Crippen LogP contribution in [0, 0.1) is 6.92 Å². The first-order chi connectivity index (χ1) is 10.6. The maximum atomic E-state index is 12.1. The number of hydrogen-bond donors (Lipinski definition) is 1. The molecular weight excluding hydrogens is 278 g/mol. The summed E-state index contributed by atoms with van der Waals surface area (Å²) in [5.74, 6) is 0.129. The summed E-state index contributed by atoms with van der Waals surface area (Å²) in [5.41, 5.74) is 3.06. The highest BCUT2D eigenvalue weighted by Gasteiger charge is 2.18. The number of hydrogen-bond acceptors (Lipinski definition) is 3. The van der Waals surface area contributed by atoms with E-state index < -0.39 is 0 Å². The lowest BCUT2D eigenvalue weighted by molar-refractivity contribution is -0.122. The van der Waals surface area contributed by atoms with E-state index in [-0.39, 0.29) is 5.91 Å². The van der Waals surface area contributed by atoms with Gasteiger partial charge in [0.1, 0.15) is 11.0 Å². The van der Waals surface area contributed by atoms with Gasteiger partial charge in [-0.05, 0) is 33.6 Å². The molecule has 0 bridgehead atoms. The van der Waals surface area contributed by atoms with Crippen LogP contribution < -0.4 is 5.32 Å². The zero-order valence-corrected chi connectivity index (χ0v) is 13.7. The maximum absolute atomic E-state index is 12.1. The molecule has 1 amide bonds. The van der Waals surface area contributed by atoms with Crippen LogP contribution in [-0.4, -0.2) is 31.5 Å². The molecule has 0 aliphatic heterocycles. The van der Waals surface area contributed by atoms with Crippen molar-refractivity contribution in [3.05, 3.63) is 11.9 Å². The molecule has 2 heterocycles. The van der Waals surface area contributed by atoms with Gasteiger partial charge in [0.25, 0.3) is 0 Å². The molecule has 120 valence electrons. The predicted octanol–water partition coefficient (Wildman–Crippen LogP) is 2.57. The normalized spacial score (nSPS) is 16.0. The van der Waals surface area contributed by atoms with Crippen molar-refractivity contribution in [1.82, 2.24) is 24.9 Å². The zero-order valence-electron chi connectivity index (χ0n) is 13.7. The van der Waals surface area contributed by atoms with Crippen LogP contribution in [0.2, 0.25) is 0 Å². The largest absolute Gasteiger partial charge is 0.353 e. The van der Waals surface area contributed by atoms with Crippen molar-refractivity contribution in [2.75, 3.05) is 0 Å². The van der Waals surface area contributed by atoms with Crippen molar-refractivity contribution in [2.24, 2.45) is 0 Å². The van der Waals surface area contributed by atoms with Crippen LogP contribution in [0.3, 0.4) is 0 Å². The molecule has 0 spiro atoms. The van der Waals surface area contributed by atoms with E-state index in [2.05, 4.69) is 29.4 Å². The van der Waals surface area contributed by atoms with Crippen molar-refractivity contribution in [3.63, 3.8) is 0 Å². The van der Waals surface area contributed by atoms with Crippen LogP contribution in [0.1, 0.15) is 57.7 Å². The second kappa shape index (κ2) is 6.10. The number of nitrogens with zero attached hydrogens (tertiary/aromatic N) is 4. The molecule has 0 aromatic carbocycles. The van der Waals surface area contributed by atoms with Crippen LogP contribution in [-0.2, 0) is 11.3 Å². The quantitative estimate of drug-likeness (QED) is 0.923. The fourth-order valence-corrected chi connectivity index (χ4v) is 3.32. The van der Waals surface area contributed by atoms with E-state index in [1.54, 1.807) is 0 Å². The Kier molecular flexibility index (Phi) is 4.18. The van der Waals surface area contributed by atoms with Crippen LogP contribution in [0.25, 0.3) is 11.0 Å². The van der Waals surface area contributed by atoms with Gasteiger partial charge in [-0.1, -0.05) is 12.8 Å². The van der Waals surface area contributed by atoms with E-state index in [0.717, 1.165) is 29.6 Å². The number of aromatic nitrogens is 4. The Morgan fingerprint density at radius 2 is 2.14 bits per heavy atom. The van der Waals surface area contributed by atoms with Crippen LogP contribution >= 0.6 is 0 Å². The van der Waals surface area contributed by atoms with Gasteiger partial charge in [-0.2, -0.15) is 10.2 Å². The third-order valence-electron chi connectivity index (χ3n) is 4.43. The average molecular weight is 303 g/mol. The zero-order chi connectivity index (χ0) is 15.7. The Morgan fingerprint density at radius 3 is 2.82 bits per heavy atom. The number of rotatable bonds is 5. The number of carbonyl (C=O) groups excluding carboxylic acids is 1. The Labute approximate surface area is 130 Å². The molecule has 1 aliphatic carbocycles. The lowest BCUT2D eigenvalue weighted by Crippen LogP contribution is -2.33. The highest BCUT2D eigenvalue weighted by Crippen LogP contribution is 2.21. The van der Waals surface area contributed by atoms with Crippen molar-refractivity contribution in [1.29, 1.82) is 0 Å². The number of amides is 1. The molecule has 0 saturated heterocycles. The van der Waals surface area contributed by atoms with Gasteiger partial charge < -0.3 is 5.32 Å². The summed E-state index contributed by atoms with van der Waals surface area (Å²) in [5, 5.41) is 12.1. The van der Waals surface area contributed by atoms with E-state index in [4.69, 9.17) is 0 Å². The van der Waals surface area contributed by atoms with Gasteiger partial charge in [-0.3, -0.25) is 14.2 Å². The van der Waals surface area contributed by atoms with Gasteiger partial charge in [0.15, 0.2) is 0 Å². The van der Waals surface area contributed by atoms with Crippen LogP contribution in [0.5, 0.6) is 0 Å². The lowest BCUT2D eigenvalue weighted by Gasteiger charge is -2.11. The first kappa shape index (κ1) is 15.1. The highest BCUT2D eigenvalue weighted by atomic mass is 16.1. The fraction of sp³-hybridized carbons (Fsp3) is 0.688. The molecule has 1 saturated carbocycles. The smallest absolute Gasteiger partial charge is 0.222 e. The number of nitrogens with one attached hydrogen (secondary N) is 1. The van der Waals surface area contributed by atoms with Crippen molar-refractivity contribution in [3.8, 4) is 0 Å². The molecule has 0 unspecified atom stereocenters. The Bertz CT molecular complexity index is 663. The minimum atomic E-state index is 0.129. The summed E-state index contributed by atoms with van der Waals surface area (Å²) in [7, 11) is 0. The molecule has 6 heteroatoms. The second-order valence-corrected chi connectivity index (χ2v) is 6.52. The van der Waals surface area contributed by atoms with Gasteiger partial charge in [0.05, 0.1) is 18.4 Å². The van der Waals surface area contributed by atoms with Crippen molar-refractivity contribution < 1.29 is 4.79 Å². The minimum Gasteiger partial charge on any atom is -0.353 e. The Morgan fingerprint density at radius 1 is 1.41 bits per heavy atom. The summed E-state index contributed by atoms with van der Waals surface area (Å²) in [6.45, 7) is 6.82. The SMILES string of the molecule is Cc1nn(C(C)C)c2cnn(CCC(=O)NC3CCCC3)c12. The molecule has 6 nitrogen and oxygen atoms in total. The maximum Gasteiger partial charge on any atom is 0.222 e. The summed E-state index contributed by atoms with van der Waals surface area (Å²) >= 11 is 0. The van der Waals surface area contributed by atoms with Gasteiger partial charge in [-0.15, -0.1) is 0 Å². The van der Waals surface area contributed by atoms with Crippen molar-refractivity contribution in [2.45, 2.75) is 71.5 Å². The summed E-state index contributed by atoms with van der Waals surface area (Å²) in [6.07, 6.45) is 7.04. The lowest BCUT2D eigenvalue weighted by atomic mass is 10.2. The monoisotopic (exact) mass is 303 g/mol. The number of aryl methyl sites for hydroxylation is 2. The molecule has 0 radical (unpaired) electrons. The molecule has 22 heavy (non-hydrogen) atoms. The van der Waals surface area contributed by atoms with Gasteiger partial charge >= 0.3 is 0 Å². The molecule has 2 aromatic rings. The standard InChI is InChI=1S/C16H25N5O/c1-11(2)21-14-10-17-20(16(14)12(3)19-21)9-8-15(22)18-13-6-4-5-7-13/h10-11,13H,4-9H2,1-3H3,(H,18,22). The van der Waals surface area contributed by atoms with E-state index >= 15 is 0 Å². The minimum absolute atomic E-state index is 0.129. The highest BCUT2D eigenvalue weighted by molar-refractivity contribution is 5.79. The molecule has 1 fully saturated rings. The third-order valence-corrected chi connectivity index (χ3v) is 4.43. The summed E-state index contributed by atoms with van der Waals surface area (Å²) < 4.78 is 3.90. The molecule has 2 aromatic heterocycles. The molecular formula is C16H25N5O. The fourth-order valence-electron chi connectivity index (χ4n) is 3.32. The number of carbonyl (C=O) groups is 1. The van der Waals surface area contributed by atoms with Crippen molar-refractivity contribution >= 4 is 16.9 Å². The van der Waals surface area contributed by atoms with E-state index in [0.29, 0.717) is 25.0 Å². The first-order valence-electron chi connectivity index (χ1n) is 8.26. The summed E-state index contributed by atoms with van der Waals surface area (Å²) in [4.78, 5) is 12.1. The molecule has 1 N–H and O–H groups in total. The van der Waals surface area contributed by atoms with Crippen LogP contribution in [0.4, 0.5) is 0 Å². The first-order valence-corrected chi connectivity index (χ1v) is 8.26. The molecule has 1 aliphatic rings. The average Bonchev–Trinajstić information content (AvgIpc) is 3.15. The molecule has 3 rings (SSSR count). The summed E-state index contributed by atoms with van der Waals surface area (Å²) in [6, 6.07) is 0.690. The van der Waals surface area contributed by atoms with Gasteiger partial charge in [0, 0.05) is 18.5 Å². The Balaban J connectivity index is 1.67. The molecule has 0 atom stereocenters. The van der Waals surface area contributed by atoms with E-state index in [1.165, 1.54) is 12.8 Å². The van der Waals surface area contributed by atoms with E-state index in [9.17, 15) is 4.79 Å². The third kappa shape index (κ3) is 2.87. The van der Waals surface area contributed by atoms with Crippen LogP contribution in [0.15, 0.2) is 6.20 Å². The van der Waals surface area contributed by atoms with Gasteiger partial charge in [-0.25, -0.2) is 0 Å². The predicted molar refractivity (Wildman–Crippen MR) is 85.7 cm³/mol.